The third kappa shape index (κ3) is 4.59. The number of aryl methyl sites for hydroxylation is 1. The van der Waals surface area contributed by atoms with E-state index in [-0.39, 0.29) is 5.91 Å². The lowest BCUT2D eigenvalue weighted by molar-refractivity contribution is -0.119. The second kappa shape index (κ2) is 8.50. The quantitative estimate of drug-likeness (QED) is 0.781. The molecule has 0 spiro atoms. The van der Waals surface area contributed by atoms with Crippen LogP contribution in [0.4, 0.5) is 5.69 Å². The van der Waals surface area contributed by atoms with Gasteiger partial charge >= 0.3 is 0 Å². The van der Waals surface area contributed by atoms with Crippen LogP contribution >= 0.6 is 0 Å². The van der Waals surface area contributed by atoms with E-state index >= 15 is 0 Å². The summed E-state index contributed by atoms with van der Waals surface area (Å²) < 4.78 is 5.25. The Balaban J connectivity index is 2.03. The van der Waals surface area contributed by atoms with E-state index in [1.807, 2.05) is 79.2 Å². The van der Waals surface area contributed by atoms with Gasteiger partial charge in [0.2, 0.25) is 5.91 Å². The standard InChI is InChI=1S/C20H26N2O2/c1-5-22(19-12-7-6-9-16(19)2)20(23)15-21(3)14-17-10-8-11-18(13-17)24-4/h6-13H,5,14-15H2,1-4H3. The average molecular weight is 326 g/mol. The van der Waals surface area contributed by atoms with Crippen molar-refractivity contribution in [2.75, 3.05) is 32.1 Å². The fourth-order valence-electron chi connectivity index (χ4n) is 2.80. The molecule has 0 heterocycles. The molecule has 4 nitrogen and oxygen atoms in total. The molecule has 0 bridgehead atoms. The largest absolute Gasteiger partial charge is 0.497 e. The number of anilines is 1. The predicted octanol–water partition coefficient (Wildman–Crippen LogP) is 3.49. The summed E-state index contributed by atoms with van der Waals surface area (Å²) in [5.74, 6) is 0.944. The van der Waals surface area contributed by atoms with Gasteiger partial charge in [-0.25, -0.2) is 0 Å². The summed E-state index contributed by atoms with van der Waals surface area (Å²) in [4.78, 5) is 16.6. The molecule has 0 radical (unpaired) electrons. The van der Waals surface area contributed by atoms with Gasteiger partial charge in [-0.15, -0.1) is 0 Å². The van der Waals surface area contributed by atoms with Crippen molar-refractivity contribution in [2.24, 2.45) is 0 Å². The first-order chi connectivity index (χ1) is 11.5. The van der Waals surface area contributed by atoms with E-state index in [4.69, 9.17) is 4.74 Å². The van der Waals surface area contributed by atoms with Crippen LogP contribution in [0.5, 0.6) is 5.75 Å². The van der Waals surface area contributed by atoms with Crippen LogP contribution in [-0.2, 0) is 11.3 Å². The number of methoxy groups -OCH3 is 1. The normalized spacial score (nSPS) is 10.7. The summed E-state index contributed by atoms with van der Waals surface area (Å²) in [6, 6.07) is 15.9. The molecule has 24 heavy (non-hydrogen) atoms. The zero-order valence-corrected chi connectivity index (χ0v) is 15.0. The third-order valence-electron chi connectivity index (χ3n) is 4.02. The highest BCUT2D eigenvalue weighted by Crippen LogP contribution is 2.20. The maximum atomic E-state index is 12.7. The Morgan fingerprint density at radius 2 is 1.88 bits per heavy atom. The highest BCUT2D eigenvalue weighted by molar-refractivity contribution is 5.95. The second-order valence-electron chi connectivity index (χ2n) is 5.95. The number of hydrogen-bond donors (Lipinski definition) is 0. The lowest BCUT2D eigenvalue weighted by Crippen LogP contribution is -2.39. The first kappa shape index (κ1) is 18.0. The molecule has 2 aromatic carbocycles. The van der Waals surface area contributed by atoms with Crippen LogP contribution in [0.25, 0.3) is 0 Å². The van der Waals surface area contributed by atoms with Crippen molar-refractivity contribution < 1.29 is 9.53 Å². The zero-order valence-electron chi connectivity index (χ0n) is 15.0. The van der Waals surface area contributed by atoms with Gasteiger partial charge in [0.15, 0.2) is 0 Å². The number of likely N-dealkylation sites (N-methyl/N-ethyl adjacent to an activating group) is 2. The number of para-hydroxylation sites is 1. The number of carbonyl (C=O) groups is 1. The van der Waals surface area contributed by atoms with Crippen molar-refractivity contribution in [2.45, 2.75) is 20.4 Å². The fraction of sp³-hybridized carbons (Fsp3) is 0.350. The Hall–Kier alpha value is -2.33. The monoisotopic (exact) mass is 326 g/mol. The number of ether oxygens (including phenoxy) is 1. The van der Waals surface area contributed by atoms with Gasteiger partial charge in [-0.2, -0.15) is 0 Å². The van der Waals surface area contributed by atoms with Gasteiger partial charge < -0.3 is 9.64 Å². The molecule has 0 N–H and O–H groups in total. The molecule has 2 rings (SSSR count). The van der Waals surface area contributed by atoms with Crippen LogP contribution < -0.4 is 9.64 Å². The lowest BCUT2D eigenvalue weighted by Gasteiger charge is -2.26. The van der Waals surface area contributed by atoms with Gasteiger partial charge in [0, 0.05) is 18.8 Å². The molecule has 0 aliphatic heterocycles. The van der Waals surface area contributed by atoms with Crippen LogP contribution in [0.15, 0.2) is 48.5 Å². The van der Waals surface area contributed by atoms with Gasteiger partial charge in [-0.05, 0) is 50.2 Å². The van der Waals surface area contributed by atoms with E-state index in [0.717, 1.165) is 22.6 Å². The highest BCUT2D eigenvalue weighted by atomic mass is 16.5. The molecule has 128 valence electrons. The summed E-state index contributed by atoms with van der Waals surface area (Å²) in [6.07, 6.45) is 0. The van der Waals surface area contributed by atoms with Crippen molar-refractivity contribution in [3.8, 4) is 5.75 Å². The van der Waals surface area contributed by atoms with E-state index in [1.54, 1.807) is 7.11 Å². The van der Waals surface area contributed by atoms with Crippen molar-refractivity contribution in [3.63, 3.8) is 0 Å². The molecule has 0 unspecified atom stereocenters. The maximum Gasteiger partial charge on any atom is 0.241 e. The summed E-state index contributed by atoms with van der Waals surface area (Å²) in [7, 11) is 3.62. The molecule has 0 aliphatic carbocycles. The van der Waals surface area contributed by atoms with Crippen LogP contribution in [0.1, 0.15) is 18.1 Å². The number of benzene rings is 2. The molecule has 0 saturated carbocycles. The van der Waals surface area contributed by atoms with Crippen molar-refractivity contribution in [1.29, 1.82) is 0 Å². The van der Waals surface area contributed by atoms with Crippen LogP contribution in [-0.4, -0.2) is 38.1 Å². The summed E-state index contributed by atoms with van der Waals surface area (Å²) >= 11 is 0. The topological polar surface area (TPSA) is 32.8 Å². The lowest BCUT2D eigenvalue weighted by atomic mass is 10.1. The molecule has 2 aromatic rings. The first-order valence-corrected chi connectivity index (χ1v) is 8.22. The molecule has 0 fully saturated rings. The molecule has 0 saturated heterocycles. The van der Waals surface area contributed by atoms with Crippen molar-refractivity contribution in [1.82, 2.24) is 4.90 Å². The van der Waals surface area contributed by atoms with Gasteiger partial charge in [-0.1, -0.05) is 30.3 Å². The molecule has 4 heteroatoms. The van der Waals surface area contributed by atoms with Gasteiger partial charge in [0.25, 0.3) is 0 Å². The molecule has 0 aliphatic rings. The number of carbonyl (C=O) groups excluding carboxylic acids is 1. The van der Waals surface area contributed by atoms with E-state index in [1.165, 1.54) is 0 Å². The fourth-order valence-corrected chi connectivity index (χ4v) is 2.80. The Bertz CT molecular complexity index is 685. The Morgan fingerprint density at radius 3 is 2.54 bits per heavy atom. The zero-order chi connectivity index (χ0) is 17.5. The van der Waals surface area contributed by atoms with E-state index < -0.39 is 0 Å². The summed E-state index contributed by atoms with van der Waals surface area (Å²) in [5.41, 5.74) is 3.23. The number of nitrogens with zero attached hydrogens (tertiary/aromatic N) is 2. The van der Waals surface area contributed by atoms with E-state index in [2.05, 4.69) is 0 Å². The van der Waals surface area contributed by atoms with Crippen molar-refractivity contribution in [3.05, 3.63) is 59.7 Å². The minimum atomic E-state index is 0.109. The summed E-state index contributed by atoms with van der Waals surface area (Å²) in [5, 5.41) is 0. The number of hydrogen-bond acceptors (Lipinski definition) is 3. The van der Waals surface area contributed by atoms with Gasteiger partial charge in [0.05, 0.1) is 13.7 Å². The van der Waals surface area contributed by atoms with E-state index in [9.17, 15) is 4.79 Å². The number of rotatable bonds is 7. The molecular formula is C20H26N2O2. The smallest absolute Gasteiger partial charge is 0.241 e. The molecular weight excluding hydrogens is 300 g/mol. The Labute approximate surface area is 144 Å². The van der Waals surface area contributed by atoms with Crippen molar-refractivity contribution >= 4 is 11.6 Å². The SMILES string of the molecule is CCN(C(=O)CN(C)Cc1cccc(OC)c1)c1ccccc1C. The Morgan fingerprint density at radius 1 is 1.12 bits per heavy atom. The van der Waals surface area contributed by atoms with Gasteiger partial charge in [0.1, 0.15) is 5.75 Å². The maximum absolute atomic E-state index is 12.7. The minimum absolute atomic E-state index is 0.109. The van der Waals surface area contributed by atoms with Crippen LogP contribution in [0.3, 0.4) is 0 Å². The van der Waals surface area contributed by atoms with E-state index in [0.29, 0.717) is 19.6 Å². The summed E-state index contributed by atoms with van der Waals surface area (Å²) in [6.45, 7) is 5.78. The Kier molecular flexibility index (Phi) is 6.38. The average Bonchev–Trinajstić information content (AvgIpc) is 2.57. The number of amides is 1. The third-order valence-corrected chi connectivity index (χ3v) is 4.02. The second-order valence-corrected chi connectivity index (χ2v) is 5.95. The molecule has 0 atom stereocenters. The van der Waals surface area contributed by atoms with Crippen LogP contribution in [0, 0.1) is 6.92 Å². The molecule has 1 amide bonds. The van der Waals surface area contributed by atoms with Gasteiger partial charge in [-0.3, -0.25) is 9.69 Å². The first-order valence-electron chi connectivity index (χ1n) is 8.22. The minimum Gasteiger partial charge on any atom is -0.497 e. The molecule has 0 aromatic heterocycles. The predicted molar refractivity (Wildman–Crippen MR) is 98.5 cm³/mol. The highest BCUT2D eigenvalue weighted by Gasteiger charge is 2.17. The van der Waals surface area contributed by atoms with Crippen LogP contribution in [0.2, 0.25) is 0 Å².